The van der Waals surface area contributed by atoms with Gasteiger partial charge in [0.25, 0.3) is 0 Å². The van der Waals surface area contributed by atoms with E-state index in [-0.39, 0.29) is 11.5 Å². The highest BCUT2D eigenvalue weighted by molar-refractivity contribution is 6.05. The van der Waals surface area contributed by atoms with Crippen molar-refractivity contribution in [2.24, 2.45) is 0 Å². The molecule has 0 aromatic carbocycles. The highest BCUT2D eigenvalue weighted by Crippen LogP contribution is 2.27. The van der Waals surface area contributed by atoms with Crippen molar-refractivity contribution in [3.8, 4) is 0 Å². The molecule has 1 unspecified atom stereocenters. The number of carbonyl (C=O) groups is 3. The SMILES string of the molecule is CC(=O)c1c(C)[nH]c(C(=O)C(C)OC(=O)Cn2ccc(C(F)(F)F)n2)c1C. The van der Waals surface area contributed by atoms with Crippen molar-refractivity contribution in [3.63, 3.8) is 0 Å². The number of aryl methyl sites for hydroxylation is 1. The average Bonchev–Trinajstić information content (AvgIpc) is 3.10. The Labute approximate surface area is 152 Å². The topological polar surface area (TPSA) is 94.0 Å². The quantitative estimate of drug-likeness (QED) is 0.610. The Morgan fingerprint density at radius 3 is 2.41 bits per heavy atom. The molecule has 0 aliphatic heterocycles. The van der Waals surface area contributed by atoms with Crippen LogP contribution in [0, 0.1) is 13.8 Å². The van der Waals surface area contributed by atoms with Gasteiger partial charge in [-0.05, 0) is 39.3 Å². The van der Waals surface area contributed by atoms with Crippen molar-refractivity contribution in [1.29, 1.82) is 0 Å². The fraction of sp³-hybridized carbons (Fsp3) is 0.412. The predicted molar refractivity (Wildman–Crippen MR) is 87.4 cm³/mol. The van der Waals surface area contributed by atoms with Crippen LogP contribution in [0.1, 0.15) is 51.6 Å². The van der Waals surface area contributed by atoms with Crippen LogP contribution in [0.4, 0.5) is 13.2 Å². The number of alkyl halides is 3. The van der Waals surface area contributed by atoms with Gasteiger partial charge in [0, 0.05) is 17.5 Å². The first-order valence-corrected chi connectivity index (χ1v) is 7.96. The number of H-pyrrole nitrogens is 1. The molecule has 0 saturated heterocycles. The van der Waals surface area contributed by atoms with Gasteiger partial charge in [-0.1, -0.05) is 0 Å². The average molecular weight is 385 g/mol. The van der Waals surface area contributed by atoms with E-state index in [0.717, 1.165) is 16.9 Å². The summed E-state index contributed by atoms with van der Waals surface area (Å²) in [6.45, 7) is 5.39. The molecule has 27 heavy (non-hydrogen) atoms. The van der Waals surface area contributed by atoms with E-state index >= 15 is 0 Å². The van der Waals surface area contributed by atoms with E-state index in [1.54, 1.807) is 13.8 Å². The number of aromatic nitrogens is 3. The number of aromatic amines is 1. The van der Waals surface area contributed by atoms with Gasteiger partial charge in [0.1, 0.15) is 6.54 Å². The van der Waals surface area contributed by atoms with Gasteiger partial charge in [0.15, 0.2) is 17.6 Å². The number of ketones is 2. The lowest BCUT2D eigenvalue weighted by atomic mass is 10.0. The van der Waals surface area contributed by atoms with Crippen molar-refractivity contribution in [3.05, 3.63) is 40.5 Å². The third kappa shape index (κ3) is 4.44. The Balaban J connectivity index is 2.06. The van der Waals surface area contributed by atoms with Crippen LogP contribution in [0.5, 0.6) is 0 Å². The number of carbonyl (C=O) groups excluding carboxylic acids is 3. The second-order valence-corrected chi connectivity index (χ2v) is 6.07. The Bertz CT molecular complexity index is 896. The summed E-state index contributed by atoms with van der Waals surface area (Å²) in [7, 11) is 0. The summed E-state index contributed by atoms with van der Waals surface area (Å²) in [6, 6.07) is 0.732. The molecule has 7 nitrogen and oxygen atoms in total. The molecule has 0 amide bonds. The molecule has 1 N–H and O–H groups in total. The van der Waals surface area contributed by atoms with Crippen LogP contribution in [0.15, 0.2) is 12.3 Å². The Morgan fingerprint density at radius 1 is 1.30 bits per heavy atom. The Hall–Kier alpha value is -2.91. The first-order valence-electron chi connectivity index (χ1n) is 7.96. The van der Waals surface area contributed by atoms with E-state index in [1.807, 2.05) is 0 Å². The molecule has 2 aromatic heterocycles. The molecule has 0 saturated carbocycles. The third-order valence-corrected chi connectivity index (χ3v) is 3.94. The summed E-state index contributed by atoms with van der Waals surface area (Å²) >= 11 is 0. The molecular formula is C17H18F3N3O4. The first kappa shape index (κ1) is 20.4. The van der Waals surface area contributed by atoms with E-state index in [2.05, 4.69) is 10.1 Å². The monoisotopic (exact) mass is 385 g/mol. The number of hydrogen-bond donors (Lipinski definition) is 1. The van der Waals surface area contributed by atoms with Gasteiger partial charge in [-0.25, -0.2) is 0 Å². The predicted octanol–water partition coefficient (Wildman–Crippen LogP) is 2.86. The maximum absolute atomic E-state index is 12.5. The van der Waals surface area contributed by atoms with Crippen molar-refractivity contribution in [2.45, 2.75) is 46.5 Å². The normalized spacial score (nSPS) is 12.7. The van der Waals surface area contributed by atoms with Crippen LogP contribution in [0.2, 0.25) is 0 Å². The second kappa shape index (κ2) is 7.37. The minimum absolute atomic E-state index is 0.149. The van der Waals surface area contributed by atoms with Gasteiger partial charge in [0.05, 0.1) is 5.69 Å². The first-order chi connectivity index (χ1) is 12.4. The Kier molecular flexibility index (Phi) is 5.57. The van der Waals surface area contributed by atoms with E-state index in [4.69, 9.17) is 4.74 Å². The lowest BCUT2D eigenvalue weighted by molar-refractivity contribution is -0.148. The minimum Gasteiger partial charge on any atom is -0.453 e. The van der Waals surface area contributed by atoms with E-state index in [1.165, 1.54) is 13.8 Å². The molecule has 0 bridgehead atoms. The van der Waals surface area contributed by atoms with E-state index in [0.29, 0.717) is 16.8 Å². The molecule has 0 spiro atoms. The van der Waals surface area contributed by atoms with Crippen molar-refractivity contribution < 1.29 is 32.3 Å². The number of nitrogens with zero attached hydrogens (tertiary/aromatic N) is 2. The molecule has 2 aromatic rings. The van der Waals surface area contributed by atoms with Crippen LogP contribution in [0.25, 0.3) is 0 Å². The molecule has 10 heteroatoms. The fourth-order valence-corrected chi connectivity index (χ4v) is 2.75. The number of halogens is 3. The van der Waals surface area contributed by atoms with Crippen molar-refractivity contribution in [2.75, 3.05) is 0 Å². The molecule has 1 atom stereocenters. The number of Topliss-reactive ketones (excluding diaryl/α,β-unsaturated/α-hetero) is 2. The molecule has 2 rings (SSSR count). The number of rotatable bonds is 6. The largest absolute Gasteiger partial charge is 0.453 e. The van der Waals surface area contributed by atoms with Gasteiger partial charge in [-0.15, -0.1) is 0 Å². The fourth-order valence-electron chi connectivity index (χ4n) is 2.75. The van der Waals surface area contributed by atoms with Gasteiger partial charge in [0.2, 0.25) is 5.78 Å². The molecule has 0 aliphatic carbocycles. The zero-order valence-corrected chi connectivity index (χ0v) is 15.1. The molecule has 146 valence electrons. The lowest BCUT2D eigenvalue weighted by Crippen LogP contribution is -2.27. The molecule has 0 aliphatic rings. The van der Waals surface area contributed by atoms with Crippen LogP contribution >= 0.6 is 0 Å². The Morgan fingerprint density at radius 2 is 1.93 bits per heavy atom. The number of esters is 1. The molecular weight excluding hydrogens is 367 g/mol. The second-order valence-electron chi connectivity index (χ2n) is 6.07. The highest BCUT2D eigenvalue weighted by Gasteiger charge is 2.34. The van der Waals surface area contributed by atoms with Gasteiger partial charge in [-0.2, -0.15) is 18.3 Å². The van der Waals surface area contributed by atoms with E-state index < -0.39 is 36.3 Å². The van der Waals surface area contributed by atoms with Crippen molar-refractivity contribution in [1.82, 2.24) is 14.8 Å². The summed E-state index contributed by atoms with van der Waals surface area (Å²) in [4.78, 5) is 38.8. The summed E-state index contributed by atoms with van der Waals surface area (Å²) in [5.41, 5.74) is 0.395. The summed E-state index contributed by atoms with van der Waals surface area (Å²) in [5, 5.41) is 3.24. The number of nitrogens with one attached hydrogen (secondary N) is 1. The van der Waals surface area contributed by atoms with Gasteiger partial charge < -0.3 is 9.72 Å². The maximum Gasteiger partial charge on any atom is 0.435 e. The highest BCUT2D eigenvalue weighted by atomic mass is 19.4. The summed E-state index contributed by atoms with van der Waals surface area (Å²) in [5.74, 6) is -1.67. The summed E-state index contributed by atoms with van der Waals surface area (Å²) < 4.78 is 43.3. The number of hydrogen-bond acceptors (Lipinski definition) is 5. The molecule has 0 radical (unpaired) electrons. The third-order valence-electron chi connectivity index (χ3n) is 3.94. The van der Waals surface area contributed by atoms with Crippen LogP contribution in [-0.2, 0) is 22.3 Å². The van der Waals surface area contributed by atoms with Crippen molar-refractivity contribution >= 4 is 17.5 Å². The molecule has 0 fully saturated rings. The van der Waals surface area contributed by atoms with Crippen LogP contribution < -0.4 is 0 Å². The summed E-state index contributed by atoms with van der Waals surface area (Å²) in [6.07, 6.45) is -4.81. The maximum atomic E-state index is 12.5. The smallest absolute Gasteiger partial charge is 0.435 e. The van der Waals surface area contributed by atoms with Crippen LogP contribution in [0.3, 0.4) is 0 Å². The molecule has 2 heterocycles. The zero-order chi connectivity index (χ0) is 20.5. The van der Waals surface area contributed by atoms with Gasteiger partial charge >= 0.3 is 12.1 Å². The van der Waals surface area contributed by atoms with E-state index in [9.17, 15) is 27.6 Å². The number of ether oxygens (including phenoxy) is 1. The lowest BCUT2D eigenvalue weighted by Gasteiger charge is -2.12. The minimum atomic E-state index is -4.62. The zero-order valence-electron chi connectivity index (χ0n) is 15.1. The van der Waals surface area contributed by atoms with Gasteiger partial charge in [-0.3, -0.25) is 19.1 Å². The standard InChI is InChI=1S/C17H18F3N3O4/c1-8-14(10(3)24)9(2)21-15(8)16(26)11(4)27-13(25)7-23-6-5-12(22-23)17(18,19)20/h5-6,11,21H,7H2,1-4H3. The van der Waals surface area contributed by atoms with Crippen LogP contribution in [-0.4, -0.2) is 38.4 Å².